The van der Waals surface area contributed by atoms with E-state index >= 15 is 0 Å². The predicted octanol–water partition coefficient (Wildman–Crippen LogP) is 0.395. The number of likely N-dealkylation sites (N-methyl/N-ethyl adjacent to an activating group) is 2. The van der Waals surface area contributed by atoms with Crippen LogP contribution in [0.25, 0.3) is 0 Å². The van der Waals surface area contributed by atoms with E-state index < -0.39 is 0 Å². The normalized spacial score (nSPS) is 32.3. The second kappa shape index (κ2) is 4.40. The Morgan fingerprint density at radius 2 is 2.00 bits per heavy atom. The summed E-state index contributed by atoms with van der Waals surface area (Å²) in [5.74, 6) is 0. The van der Waals surface area contributed by atoms with Gasteiger partial charge in [-0.05, 0) is 20.5 Å². The van der Waals surface area contributed by atoms with Gasteiger partial charge in [-0.2, -0.15) is 0 Å². The Labute approximate surface area is 81.3 Å². The lowest BCUT2D eigenvalue weighted by atomic mass is 9.90. The molecule has 1 aliphatic heterocycles. The van der Waals surface area contributed by atoms with Gasteiger partial charge in [0.1, 0.15) is 0 Å². The number of nitrogens with zero attached hydrogens (tertiary/aromatic N) is 2. The van der Waals surface area contributed by atoms with Gasteiger partial charge >= 0.3 is 0 Å². The second-order valence-corrected chi connectivity index (χ2v) is 4.29. The summed E-state index contributed by atoms with van der Waals surface area (Å²) >= 11 is 0. The molecule has 0 bridgehead atoms. The molecule has 0 saturated carbocycles. The number of aliphatic hydroxyl groups excluding tert-OH is 1. The largest absolute Gasteiger partial charge is 0.394 e. The van der Waals surface area contributed by atoms with E-state index in [4.69, 9.17) is 0 Å². The van der Waals surface area contributed by atoms with Crippen LogP contribution in [-0.2, 0) is 0 Å². The van der Waals surface area contributed by atoms with Crippen molar-refractivity contribution in [2.45, 2.75) is 25.3 Å². The number of piperazine rings is 1. The van der Waals surface area contributed by atoms with E-state index in [1.54, 1.807) is 0 Å². The van der Waals surface area contributed by atoms with Crippen molar-refractivity contribution in [3.05, 3.63) is 0 Å². The van der Waals surface area contributed by atoms with Gasteiger partial charge in [-0.25, -0.2) is 0 Å². The maximum Gasteiger partial charge on any atom is 0.0627 e. The third-order valence-electron chi connectivity index (χ3n) is 3.20. The first-order chi connectivity index (χ1) is 6.14. The molecule has 0 spiro atoms. The summed E-state index contributed by atoms with van der Waals surface area (Å²) < 4.78 is 0. The Hall–Kier alpha value is -0.120. The van der Waals surface area contributed by atoms with Crippen LogP contribution in [-0.4, -0.2) is 60.8 Å². The van der Waals surface area contributed by atoms with Gasteiger partial charge in [-0.15, -0.1) is 0 Å². The van der Waals surface area contributed by atoms with Crippen molar-refractivity contribution >= 4 is 0 Å². The molecule has 0 amide bonds. The Kier molecular flexibility index (Phi) is 3.71. The molecular formula is C10H22N2O. The standard InChI is InChI=1S/C10H22N2O/c1-4-5-10(9-13)8-11(2)6-7-12(10)3/h13H,4-9H2,1-3H3. The SMILES string of the molecule is CCCC1(CO)CN(C)CCN1C. The highest BCUT2D eigenvalue weighted by molar-refractivity contribution is 4.94. The van der Waals surface area contributed by atoms with Crippen LogP contribution in [0.3, 0.4) is 0 Å². The molecule has 0 radical (unpaired) electrons. The van der Waals surface area contributed by atoms with Crippen molar-refractivity contribution in [3.63, 3.8) is 0 Å². The molecule has 0 aromatic rings. The van der Waals surface area contributed by atoms with E-state index in [0.29, 0.717) is 0 Å². The lowest BCUT2D eigenvalue weighted by molar-refractivity contribution is -0.0194. The summed E-state index contributed by atoms with van der Waals surface area (Å²) in [5, 5.41) is 9.49. The number of hydrogen-bond acceptors (Lipinski definition) is 3. The van der Waals surface area contributed by atoms with Crippen LogP contribution >= 0.6 is 0 Å². The minimum absolute atomic E-state index is 0.0156. The van der Waals surface area contributed by atoms with E-state index in [9.17, 15) is 5.11 Å². The zero-order valence-electron chi connectivity index (χ0n) is 9.08. The van der Waals surface area contributed by atoms with Crippen molar-refractivity contribution in [2.75, 3.05) is 40.3 Å². The fraction of sp³-hybridized carbons (Fsp3) is 1.00. The molecule has 1 aliphatic rings. The fourth-order valence-electron chi connectivity index (χ4n) is 2.25. The van der Waals surface area contributed by atoms with E-state index in [1.807, 2.05) is 0 Å². The average molecular weight is 186 g/mol. The summed E-state index contributed by atoms with van der Waals surface area (Å²) in [6, 6.07) is 0. The van der Waals surface area contributed by atoms with Crippen molar-refractivity contribution in [3.8, 4) is 0 Å². The monoisotopic (exact) mass is 186 g/mol. The maximum absolute atomic E-state index is 9.49. The molecular weight excluding hydrogens is 164 g/mol. The molecule has 0 aromatic heterocycles. The second-order valence-electron chi connectivity index (χ2n) is 4.29. The first-order valence-corrected chi connectivity index (χ1v) is 5.15. The summed E-state index contributed by atoms with van der Waals surface area (Å²) in [5.41, 5.74) is 0.0156. The van der Waals surface area contributed by atoms with Crippen molar-refractivity contribution < 1.29 is 5.11 Å². The van der Waals surface area contributed by atoms with Gasteiger partial charge in [0.05, 0.1) is 12.1 Å². The van der Waals surface area contributed by atoms with Crippen LogP contribution in [0.4, 0.5) is 0 Å². The zero-order chi connectivity index (χ0) is 9.90. The van der Waals surface area contributed by atoms with Gasteiger partial charge in [0, 0.05) is 19.6 Å². The Morgan fingerprint density at radius 3 is 2.54 bits per heavy atom. The maximum atomic E-state index is 9.49. The van der Waals surface area contributed by atoms with E-state index in [0.717, 1.165) is 32.5 Å². The smallest absolute Gasteiger partial charge is 0.0627 e. The molecule has 1 fully saturated rings. The number of hydrogen-bond donors (Lipinski definition) is 1. The lowest BCUT2D eigenvalue weighted by Gasteiger charge is -2.47. The Bertz CT molecular complexity index is 163. The van der Waals surface area contributed by atoms with Crippen LogP contribution in [0.15, 0.2) is 0 Å². The first kappa shape index (κ1) is 11.0. The summed E-state index contributed by atoms with van der Waals surface area (Å²) in [4.78, 5) is 4.63. The zero-order valence-corrected chi connectivity index (χ0v) is 9.08. The molecule has 3 heteroatoms. The Balaban J connectivity index is 2.67. The summed E-state index contributed by atoms with van der Waals surface area (Å²) in [6.07, 6.45) is 2.23. The molecule has 1 N–H and O–H groups in total. The highest BCUT2D eigenvalue weighted by Crippen LogP contribution is 2.24. The highest BCUT2D eigenvalue weighted by Gasteiger charge is 2.37. The molecule has 0 aromatic carbocycles. The molecule has 1 heterocycles. The van der Waals surface area contributed by atoms with Crippen LogP contribution in [0.5, 0.6) is 0 Å². The first-order valence-electron chi connectivity index (χ1n) is 5.15. The van der Waals surface area contributed by atoms with E-state index in [-0.39, 0.29) is 12.1 Å². The third-order valence-corrected chi connectivity index (χ3v) is 3.20. The van der Waals surface area contributed by atoms with Gasteiger partial charge in [0.2, 0.25) is 0 Å². The molecule has 3 nitrogen and oxygen atoms in total. The highest BCUT2D eigenvalue weighted by atomic mass is 16.3. The molecule has 1 saturated heterocycles. The molecule has 1 atom stereocenters. The Morgan fingerprint density at radius 1 is 1.31 bits per heavy atom. The summed E-state index contributed by atoms with van der Waals surface area (Å²) in [6.45, 7) is 5.63. The van der Waals surface area contributed by atoms with Crippen LogP contribution in [0, 0.1) is 0 Å². The van der Waals surface area contributed by atoms with Gasteiger partial charge in [-0.3, -0.25) is 4.90 Å². The van der Waals surface area contributed by atoms with Gasteiger partial charge in [0.25, 0.3) is 0 Å². The molecule has 13 heavy (non-hydrogen) atoms. The average Bonchev–Trinajstić information content (AvgIpc) is 2.12. The quantitative estimate of drug-likeness (QED) is 0.691. The van der Waals surface area contributed by atoms with Crippen molar-refractivity contribution in [1.29, 1.82) is 0 Å². The van der Waals surface area contributed by atoms with Gasteiger partial charge < -0.3 is 10.0 Å². The molecule has 1 rings (SSSR count). The van der Waals surface area contributed by atoms with Crippen LogP contribution < -0.4 is 0 Å². The third kappa shape index (κ3) is 2.22. The summed E-state index contributed by atoms with van der Waals surface area (Å²) in [7, 11) is 4.26. The number of aliphatic hydroxyl groups is 1. The van der Waals surface area contributed by atoms with E-state index in [1.165, 1.54) is 0 Å². The van der Waals surface area contributed by atoms with Gasteiger partial charge in [-0.1, -0.05) is 13.3 Å². The van der Waals surface area contributed by atoms with Crippen LogP contribution in [0.2, 0.25) is 0 Å². The van der Waals surface area contributed by atoms with Crippen LogP contribution in [0.1, 0.15) is 19.8 Å². The predicted molar refractivity (Wildman–Crippen MR) is 54.9 cm³/mol. The fourth-order valence-corrected chi connectivity index (χ4v) is 2.25. The lowest BCUT2D eigenvalue weighted by Crippen LogP contribution is -2.61. The molecule has 0 aliphatic carbocycles. The van der Waals surface area contributed by atoms with Gasteiger partial charge in [0.15, 0.2) is 0 Å². The minimum Gasteiger partial charge on any atom is -0.394 e. The molecule has 78 valence electrons. The minimum atomic E-state index is 0.0156. The topological polar surface area (TPSA) is 26.7 Å². The van der Waals surface area contributed by atoms with E-state index in [2.05, 4.69) is 30.8 Å². The number of rotatable bonds is 3. The van der Waals surface area contributed by atoms with Crippen molar-refractivity contribution in [1.82, 2.24) is 9.80 Å². The molecule has 1 unspecified atom stereocenters. The van der Waals surface area contributed by atoms with Crippen molar-refractivity contribution in [2.24, 2.45) is 0 Å².